The molecule has 1 heterocycles. The number of benzene rings is 2. The molecule has 1 aliphatic heterocycles. The second kappa shape index (κ2) is 9.51. The maximum atomic E-state index is 13.8. The van der Waals surface area contributed by atoms with Crippen LogP contribution >= 0.6 is 23.2 Å². The van der Waals surface area contributed by atoms with Crippen molar-refractivity contribution in [1.29, 1.82) is 0 Å². The second-order valence-corrected chi connectivity index (χ2v) is 7.42. The van der Waals surface area contributed by atoms with Crippen molar-refractivity contribution >= 4 is 34.8 Å². The van der Waals surface area contributed by atoms with Gasteiger partial charge in [-0.2, -0.15) is 0 Å². The van der Waals surface area contributed by atoms with E-state index in [9.17, 15) is 9.18 Å². The average molecular weight is 410 g/mol. The summed E-state index contributed by atoms with van der Waals surface area (Å²) in [4.78, 5) is 16.7. The van der Waals surface area contributed by atoms with E-state index < -0.39 is 0 Å². The lowest BCUT2D eigenvalue weighted by atomic mass is 10.2. The Hall–Kier alpha value is -1.66. The summed E-state index contributed by atoms with van der Waals surface area (Å²) in [5.74, 6) is -0.270. The number of hydrogen-bond donors (Lipinski definition) is 1. The minimum atomic E-state index is -0.158. The van der Waals surface area contributed by atoms with Crippen LogP contribution in [0.25, 0.3) is 0 Å². The van der Waals surface area contributed by atoms with Crippen LogP contribution < -0.4 is 5.32 Å². The smallest absolute Gasteiger partial charge is 0.225 e. The molecule has 0 radical (unpaired) electrons. The van der Waals surface area contributed by atoms with Crippen molar-refractivity contribution in [2.75, 3.05) is 38.0 Å². The summed E-state index contributed by atoms with van der Waals surface area (Å²) in [6.45, 7) is 4.70. The van der Waals surface area contributed by atoms with Crippen molar-refractivity contribution in [3.63, 3.8) is 0 Å². The molecule has 0 spiro atoms. The average Bonchev–Trinajstić information content (AvgIpc) is 2.66. The Balaban J connectivity index is 1.42. The first-order valence-electron chi connectivity index (χ1n) is 8.95. The van der Waals surface area contributed by atoms with Gasteiger partial charge in [-0.3, -0.25) is 9.69 Å². The lowest BCUT2D eigenvalue weighted by Crippen LogP contribution is -2.46. The number of nitrogens with one attached hydrogen (secondary N) is 1. The third kappa shape index (κ3) is 5.66. The zero-order valence-electron chi connectivity index (χ0n) is 14.9. The van der Waals surface area contributed by atoms with Crippen molar-refractivity contribution in [3.05, 3.63) is 63.9 Å². The summed E-state index contributed by atoms with van der Waals surface area (Å²) in [6, 6.07) is 12.0. The minimum Gasteiger partial charge on any atom is -0.324 e. The summed E-state index contributed by atoms with van der Waals surface area (Å²) in [5, 5.41) is 3.64. The van der Waals surface area contributed by atoms with E-state index in [1.807, 2.05) is 12.1 Å². The predicted molar refractivity (Wildman–Crippen MR) is 108 cm³/mol. The highest BCUT2D eigenvalue weighted by molar-refractivity contribution is 6.39. The van der Waals surface area contributed by atoms with E-state index in [-0.39, 0.29) is 11.7 Å². The molecule has 0 aliphatic carbocycles. The summed E-state index contributed by atoms with van der Waals surface area (Å²) in [5.41, 5.74) is 1.18. The number of carbonyl (C=O) groups excluding carboxylic acids is 1. The highest BCUT2D eigenvalue weighted by Gasteiger charge is 2.19. The first-order valence-corrected chi connectivity index (χ1v) is 9.70. The van der Waals surface area contributed by atoms with E-state index in [0.717, 1.165) is 31.7 Å². The summed E-state index contributed by atoms with van der Waals surface area (Å²) >= 11 is 12.1. The molecule has 4 nitrogen and oxygen atoms in total. The van der Waals surface area contributed by atoms with Crippen molar-refractivity contribution in [2.24, 2.45) is 0 Å². The number of para-hydroxylation sites is 1. The molecule has 144 valence electrons. The molecule has 1 N–H and O–H groups in total. The van der Waals surface area contributed by atoms with Crippen LogP contribution in [0.2, 0.25) is 10.0 Å². The lowest BCUT2D eigenvalue weighted by Gasteiger charge is -2.34. The molecule has 27 heavy (non-hydrogen) atoms. The highest BCUT2D eigenvalue weighted by atomic mass is 35.5. The van der Waals surface area contributed by atoms with Gasteiger partial charge < -0.3 is 10.2 Å². The number of halogens is 3. The SMILES string of the molecule is O=C(CCN1CCN(Cc2ccccc2F)CC1)Nc1c(Cl)cccc1Cl. The third-order valence-electron chi connectivity index (χ3n) is 4.70. The molecule has 1 aliphatic rings. The summed E-state index contributed by atoms with van der Waals surface area (Å²) in [7, 11) is 0. The Bertz CT molecular complexity index is 774. The molecule has 2 aromatic carbocycles. The maximum absolute atomic E-state index is 13.8. The van der Waals surface area contributed by atoms with Crippen molar-refractivity contribution in [1.82, 2.24) is 9.80 Å². The van der Waals surface area contributed by atoms with E-state index in [1.165, 1.54) is 6.07 Å². The molecule has 2 aromatic rings. The van der Waals surface area contributed by atoms with E-state index in [2.05, 4.69) is 15.1 Å². The summed E-state index contributed by atoms with van der Waals surface area (Å²) in [6.07, 6.45) is 0.370. The molecule has 7 heteroatoms. The van der Waals surface area contributed by atoms with Gasteiger partial charge in [-0.05, 0) is 18.2 Å². The number of hydrogen-bond acceptors (Lipinski definition) is 3. The Kier molecular flexibility index (Phi) is 7.07. The van der Waals surface area contributed by atoms with Gasteiger partial charge in [0, 0.05) is 51.3 Å². The molecule has 0 unspecified atom stereocenters. The summed E-state index contributed by atoms with van der Waals surface area (Å²) < 4.78 is 13.8. The van der Waals surface area contributed by atoms with Gasteiger partial charge in [0.2, 0.25) is 5.91 Å². The van der Waals surface area contributed by atoms with Crippen LogP contribution in [-0.2, 0) is 11.3 Å². The Morgan fingerprint density at radius 3 is 2.26 bits per heavy atom. The van der Waals surface area contributed by atoms with E-state index in [0.29, 0.717) is 35.2 Å². The van der Waals surface area contributed by atoms with Crippen LogP contribution in [0.4, 0.5) is 10.1 Å². The molecule has 1 amide bonds. The second-order valence-electron chi connectivity index (χ2n) is 6.60. The normalized spacial score (nSPS) is 15.7. The fraction of sp³-hybridized carbons (Fsp3) is 0.350. The number of carbonyl (C=O) groups is 1. The van der Waals surface area contributed by atoms with E-state index >= 15 is 0 Å². The van der Waals surface area contributed by atoms with Crippen molar-refractivity contribution in [3.8, 4) is 0 Å². The Morgan fingerprint density at radius 1 is 0.963 bits per heavy atom. The number of amides is 1. The predicted octanol–water partition coefficient (Wildman–Crippen LogP) is 4.28. The van der Waals surface area contributed by atoms with E-state index in [4.69, 9.17) is 23.2 Å². The van der Waals surface area contributed by atoms with E-state index in [1.54, 1.807) is 24.3 Å². The van der Waals surface area contributed by atoms with Gasteiger partial charge in [0.25, 0.3) is 0 Å². The number of nitrogens with zero attached hydrogens (tertiary/aromatic N) is 2. The molecular formula is C20H22Cl2FN3O. The van der Waals surface area contributed by atoms with Gasteiger partial charge in [-0.15, -0.1) is 0 Å². The van der Waals surface area contributed by atoms with Crippen LogP contribution in [0.3, 0.4) is 0 Å². The molecule has 1 fully saturated rings. The zero-order chi connectivity index (χ0) is 19.2. The van der Waals surface area contributed by atoms with Gasteiger partial charge in [0.15, 0.2) is 0 Å². The number of rotatable bonds is 6. The highest BCUT2D eigenvalue weighted by Crippen LogP contribution is 2.29. The fourth-order valence-electron chi connectivity index (χ4n) is 3.12. The van der Waals surface area contributed by atoms with Crippen LogP contribution in [0.15, 0.2) is 42.5 Å². The molecule has 3 rings (SSSR count). The van der Waals surface area contributed by atoms with Crippen LogP contribution in [-0.4, -0.2) is 48.4 Å². The quantitative estimate of drug-likeness (QED) is 0.773. The van der Waals surface area contributed by atoms with Crippen LogP contribution in [0.1, 0.15) is 12.0 Å². The fourth-order valence-corrected chi connectivity index (χ4v) is 3.61. The molecule has 0 bridgehead atoms. The zero-order valence-corrected chi connectivity index (χ0v) is 16.4. The maximum Gasteiger partial charge on any atom is 0.225 e. The standard InChI is InChI=1S/C20H22Cl2FN3O/c21-16-5-3-6-17(22)20(16)24-19(27)8-9-25-10-12-26(13-11-25)14-15-4-1-2-7-18(15)23/h1-7H,8-14H2,(H,24,27). The first kappa shape index (κ1) is 20.1. The number of piperazine rings is 1. The van der Waals surface area contributed by atoms with Gasteiger partial charge in [-0.1, -0.05) is 47.5 Å². The lowest BCUT2D eigenvalue weighted by molar-refractivity contribution is -0.116. The van der Waals surface area contributed by atoms with Crippen LogP contribution in [0, 0.1) is 5.82 Å². The van der Waals surface area contributed by atoms with Gasteiger partial charge >= 0.3 is 0 Å². The van der Waals surface area contributed by atoms with Crippen molar-refractivity contribution in [2.45, 2.75) is 13.0 Å². The molecule has 1 saturated heterocycles. The molecule has 0 saturated carbocycles. The van der Waals surface area contributed by atoms with Gasteiger partial charge in [-0.25, -0.2) is 4.39 Å². The Morgan fingerprint density at radius 2 is 1.59 bits per heavy atom. The van der Waals surface area contributed by atoms with Crippen LogP contribution in [0.5, 0.6) is 0 Å². The first-order chi connectivity index (χ1) is 13.0. The molecule has 0 atom stereocenters. The monoisotopic (exact) mass is 409 g/mol. The molecule has 0 aromatic heterocycles. The van der Waals surface area contributed by atoms with Crippen molar-refractivity contribution < 1.29 is 9.18 Å². The van der Waals surface area contributed by atoms with Gasteiger partial charge in [0.05, 0.1) is 15.7 Å². The molecular weight excluding hydrogens is 388 g/mol. The minimum absolute atomic E-state index is 0.112. The number of anilines is 1. The largest absolute Gasteiger partial charge is 0.324 e. The third-order valence-corrected chi connectivity index (χ3v) is 5.33. The Labute approximate surface area is 168 Å². The van der Waals surface area contributed by atoms with Gasteiger partial charge in [0.1, 0.15) is 5.82 Å². The topological polar surface area (TPSA) is 35.6 Å².